The van der Waals surface area contributed by atoms with Crippen LogP contribution in [-0.4, -0.2) is 6.54 Å². The number of nitrogens with one attached hydrogen (secondary N) is 1. The molecule has 1 aromatic rings. The summed E-state index contributed by atoms with van der Waals surface area (Å²) in [5, 5.41) is 4.77. The van der Waals surface area contributed by atoms with Gasteiger partial charge in [-0.15, -0.1) is 0 Å². The Bertz CT molecular complexity index is 354. The Balaban J connectivity index is 3.05. The van der Waals surface area contributed by atoms with Crippen LogP contribution in [0.25, 0.3) is 0 Å². The van der Waals surface area contributed by atoms with E-state index in [9.17, 15) is 0 Å². The first-order valence-electron chi connectivity index (χ1n) is 5.40. The van der Waals surface area contributed by atoms with Gasteiger partial charge in [-0.2, -0.15) is 0 Å². The molecule has 0 aliphatic carbocycles. The van der Waals surface area contributed by atoms with Gasteiger partial charge in [-0.25, -0.2) is 0 Å². The quantitative estimate of drug-likeness (QED) is 0.760. The molecule has 0 saturated heterocycles. The zero-order valence-electron chi connectivity index (χ0n) is 9.69. The molecule has 3 heteroatoms. The molecule has 0 radical (unpaired) electrons. The van der Waals surface area contributed by atoms with Crippen LogP contribution >= 0.6 is 23.2 Å². The molecule has 0 aliphatic rings. The zero-order chi connectivity index (χ0) is 12.1. The van der Waals surface area contributed by atoms with E-state index in [0.29, 0.717) is 10.0 Å². The first-order chi connectivity index (χ1) is 7.57. The van der Waals surface area contributed by atoms with Crippen molar-refractivity contribution in [3.8, 4) is 0 Å². The maximum atomic E-state index is 6.18. The van der Waals surface area contributed by atoms with Crippen molar-refractivity contribution in [2.75, 3.05) is 6.54 Å². The minimum atomic E-state index is 0.0288. The molecule has 16 heavy (non-hydrogen) atoms. The van der Waals surface area contributed by atoms with Gasteiger partial charge >= 0.3 is 0 Å². The number of halogens is 2. The van der Waals surface area contributed by atoms with E-state index in [1.54, 1.807) is 0 Å². The lowest BCUT2D eigenvalue weighted by atomic mass is 10.0. The van der Waals surface area contributed by atoms with Crippen LogP contribution < -0.4 is 5.32 Å². The van der Waals surface area contributed by atoms with Crippen LogP contribution in [-0.2, 0) is 0 Å². The Morgan fingerprint density at radius 3 is 2.38 bits per heavy atom. The molecule has 1 nitrogen and oxygen atoms in total. The topological polar surface area (TPSA) is 12.0 Å². The molecule has 0 amide bonds. The van der Waals surface area contributed by atoms with E-state index in [2.05, 4.69) is 18.8 Å². The average Bonchev–Trinajstić information content (AvgIpc) is 2.21. The lowest BCUT2D eigenvalue weighted by Gasteiger charge is -2.21. The first kappa shape index (κ1) is 13.6. The number of hydrogen-bond donors (Lipinski definition) is 1. The summed E-state index contributed by atoms with van der Waals surface area (Å²) in [6.07, 6.45) is 1.06. The Morgan fingerprint density at radius 2 is 1.94 bits per heavy atom. The second-order valence-electron chi connectivity index (χ2n) is 3.87. The normalized spacial score (nSPS) is 12.5. The minimum absolute atomic E-state index is 0.0288. The van der Waals surface area contributed by atoms with Crippen LogP contribution in [0.2, 0.25) is 10.0 Å². The van der Waals surface area contributed by atoms with Gasteiger partial charge in [0.05, 0.1) is 6.04 Å². The zero-order valence-corrected chi connectivity index (χ0v) is 11.2. The second kappa shape index (κ2) is 6.29. The molecule has 1 aromatic carbocycles. The van der Waals surface area contributed by atoms with Crippen molar-refractivity contribution in [2.24, 2.45) is 0 Å². The van der Waals surface area contributed by atoms with E-state index in [4.69, 9.17) is 23.2 Å². The predicted molar refractivity (Wildman–Crippen MR) is 72.3 cm³/mol. The Labute approximate surface area is 107 Å². The second-order valence-corrected chi connectivity index (χ2v) is 4.68. The SMILES string of the molecule is C=C(C)C(NCCC)c1c(Cl)cccc1Cl. The van der Waals surface area contributed by atoms with Crippen LogP contribution in [0.5, 0.6) is 0 Å². The van der Waals surface area contributed by atoms with Crippen molar-refractivity contribution in [1.82, 2.24) is 5.32 Å². The lowest BCUT2D eigenvalue weighted by molar-refractivity contribution is 0.591. The molecule has 0 spiro atoms. The minimum Gasteiger partial charge on any atom is -0.306 e. The van der Waals surface area contributed by atoms with Gasteiger partial charge in [-0.3, -0.25) is 0 Å². The third-order valence-electron chi connectivity index (χ3n) is 2.38. The molecule has 1 unspecified atom stereocenters. The maximum absolute atomic E-state index is 6.18. The predicted octanol–water partition coefficient (Wildman–Crippen LogP) is 4.61. The van der Waals surface area contributed by atoms with E-state index >= 15 is 0 Å². The molecule has 88 valence electrons. The summed E-state index contributed by atoms with van der Waals surface area (Å²) in [6, 6.07) is 5.59. The molecule has 0 saturated carbocycles. The molecule has 0 bridgehead atoms. The van der Waals surface area contributed by atoms with Crippen molar-refractivity contribution in [2.45, 2.75) is 26.3 Å². The molecule has 1 N–H and O–H groups in total. The van der Waals surface area contributed by atoms with Crippen molar-refractivity contribution in [1.29, 1.82) is 0 Å². The highest BCUT2D eigenvalue weighted by Gasteiger charge is 2.17. The molecular formula is C13H17Cl2N. The van der Waals surface area contributed by atoms with E-state index in [0.717, 1.165) is 24.1 Å². The van der Waals surface area contributed by atoms with E-state index in [-0.39, 0.29) is 6.04 Å². The number of rotatable bonds is 5. The van der Waals surface area contributed by atoms with Gasteiger partial charge in [-0.05, 0) is 32.0 Å². The van der Waals surface area contributed by atoms with Crippen molar-refractivity contribution in [3.63, 3.8) is 0 Å². The van der Waals surface area contributed by atoms with Gasteiger partial charge in [0.2, 0.25) is 0 Å². The average molecular weight is 258 g/mol. The van der Waals surface area contributed by atoms with Crippen LogP contribution in [0, 0.1) is 0 Å². The standard InChI is InChI=1S/C13H17Cl2N/c1-4-8-16-13(9(2)3)12-10(14)6-5-7-11(12)15/h5-7,13,16H,2,4,8H2,1,3H3. The fraction of sp³-hybridized carbons (Fsp3) is 0.385. The van der Waals surface area contributed by atoms with Crippen molar-refractivity contribution >= 4 is 23.2 Å². The summed E-state index contributed by atoms with van der Waals surface area (Å²) in [7, 11) is 0. The van der Waals surface area contributed by atoms with Crippen LogP contribution in [0.15, 0.2) is 30.4 Å². The fourth-order valence-electron chi connectivity index (χ4n) is 1.60. The molecule has 0 fully saturated rings. The van der Waals surface area contributed by atoms with E-state index in [1.165, 1.54) is 0 Å². The molecule has 0 aliphatic heterocycles. The van der Waals surface area contributed by atoms with Gasteiger partial charge < -0.3 is 5.32 Å². The van der Waals surface area contributed by atoms with Crippen LogP contribution in [0.1, 0.15) is 31.9 Å². The molecule has 0 aromatic heterocycles. The largest absolute Gasteiger partial charge is 0.306 e. The molecular weight excluding hydrogens is 241 g/mol. The summed E-state index contributed by atoms with van der Waals surface area (Å²) in [4.78, 5) is 0. The third-order valence-corrected chi connectivity index (χ3v) is 3.04. The smallest absolute Gasteiger partial charge is 0.0560 e. The summed E-state index contributed by atoms with van der Waals surface area (Å²) >= 11 is 12.4. The summed E-state index contributed by atoms with van der Waals surface area (Å²) in [5.74, 6) is 0. The van der Waals surface area contributed by atoms with Crippen LogP contribution in [0.4, 0.5) is 0 Å². The highest BCUT2D eigenvalue weighted by atomic mass is 35.5. The van der Waals surface area contributed by atoms with E-state index in [1.807, 2.05) is 25.1 Å². The maximum Gasteiger partial charge on any atom is 0.0560 e. The van der Waals surface area contributed by atoms with Crippen LogP contribution in [0.3, 0.4) is 0 Å². The number of hydrogen-bond acceptors (Lipinski definition) is 1. The van der Waals surface area contributed by atoms with Gasteiger partial charge in [0.25, 0.3) is 0 Å². The lowest BCUT2D eigenvalue weighted by Crippen LogP contribution is -2.23. The highest BCUT2D eigenvalue weighted by molar-refractivity contribution is 6.36. The molecule has 1 atom stereocenters. The van der Waals surface area contributed by atoms with Gasteiger partial charge in [0.15, 0.2) is 0 Å². The fourth-order valence-corrected chi connectivity index (χ4v) is 2.21. The third kappa shape index (κ3) is 3.24. The van der Waals surface area contributed by atoms with Gasteiger partial charge in [0.1, 0.15) is 0 Å². The van der Waals surface area contributed by atoms with Gasteiger partial charge in [0, 0.05) is 15.6 Å². The van der Waals surface area contributed by atoms with E-state index < -0.39 is 0 Å². The number of benzene rings is 1. The summed E-state index contributed by atoms with van der Waals surface area (Å²) in [6.45, 7) is 9.00. The molecule has 1 rings (SSSR count). The van der Waals surface area contributed by atoms with Gasteiger partial charge in [-0.1, -0.05) is 48.3 Å². The van der Waals surface area contributed by atoms with Crippen molar-refractivity contribution in [3.05, 3.63) is 46.0 Å². The first-order valence-corrected chi connectivity index (χ1v) is 6.16. The monoisotopic (exact) mass is 257 g/mol. The molecule has 0 heterocycles. The Morgan fingerprint density at radius 1 is 1.38 bits per heavy atom. The summed E-state index contributed by atoms with van der Waals surface area (Å²) in [5.41, 5.74) is 1.94. The van der Waals surface area contributed by atoms with Crippen molar-refractivity contribution < 1.29 is 0 Å². The highest BCUT2D eigenvalue weighted by Crippen LogP contribution is 2.33. The Kier molecular flexibility index (Phi) is 5.33. The Hall–Kier alpha value is -0.500. The summed E-state index contributed by atoms with van der Waals surface area (Å²) < 4.78 is 0.